The first-order valence-corrected chi connectivity index (χ1v) is 6.07. The van der Waals surface area contributed by atoms with Crippen molar-refractivity contribution in [3.05, 3.63) is 0 Å². The van der Waals surface area contributed by atoms with E-state index in [-0.39, 0.29) is 0 Å². The lowest BCUT2D eigenvalue weighted by Crippen LogP contribution is -2.32. The Hall–Kier alpha value is -0.120. The van der Waals surface area contributed by atoms with E-state index in [0.717, 1.165) is 26.0 Å². The summed E-state index contributed by atoms with van der Waals surface area (Å²) in [7, 11) is 1.73. The Morgan fingerprint density at radius 1 is 1.27 bits per heavy atom. The molecule has 0 fully saturated rings. The first-order valence-electron chi connectivity index (χ1n) is 6.07. The maximum absolute atomic E-state index is 8.92. The molecule has 3 heteroatoms. The molecule has 3 nitrogen and oxygen atoms in total. The van der Waals surface area contributed by atoms with E-state index in [1.165, 1.54) is 12.8 Å². The molecule has 0 aromatic heterocycles. The van der Waals surface area contributed by atoms with Crippen molar-refractivity contribution >= 4 is 0 Å². The maximum atomic E-state index is 8.92. The fraction of sp³-hybridized carbons (Fsp3) is 1.00. The average molecular weight is 217 g/mol. The minimum Gasteiger partial charge on any atom is -0.396 e. The van der Waals surface area contributed by atoms with Crippen LogP contribution in [0.2, 0.25) is 0 Å². The Balaban J connectivity index is 3.57. The molecule has 0 amide bonds. The molecule has 0 aromatic rings. The number of ether oxygens (including phenoxy) is 1. The van der Waals surface area contributed by atoms with Gasteiger partial charge < -0.3 is 15.2 Å². The third-order valence-electron chi connectivity index (χ3n) is 2.74. The zero-order valence-corrected chi connectivity index (χ0v) is 10.5. The van der Waals surface area contributed by atoms with E-state index in [1.54, 1.807) is 7.11 Å². The second-order valence-electron chi connectivity index (χ2n) is 4.26. The highest BCUT2D eigenvalue weighted by Gasteiger charge is 2.08. The Kier molecular flexibility index (Phi) is 10.3. The van der Waals surface area contributed by atoms with Gasteiger partial charge in [0.05, 0.1) is 0 Å². The van der Waals surface area contributed by atoms with E-state index >= 15 is 0 Å². The van der Waals surface area contributed by atoms with Gasteiger partial charge in [0.15, 0.2) is 0 Å². The van der Waals surface area contributed by atoms with Gasteiger partial charge in [-0.1, -0.05) is 13.3 Å². The summed E-state index contributed by atoms with van der Waals surface area (Å²) in [5, 5.41) is 12.4. The molecule has 2 N–H and O–H groups in total. The van der Waals surface area contributed by atoms with Gasteiger partial charge >= 0.3 is 0 Å². The fourth-order valence-corrected chi connectivity index (χ4v) is 1.70. The minimum atomic E-state index is 0.304. The first kappa shape index (κ1) is 14.9. The molecule has 0 bridgehead atoms. The van der Waals surface area contributed by atoms with E-state index < -0.39 is 0 Å². The van der Waals surface area contributed by atoms with Crippen LogP contribution in [-0.4, -0.2) is 38.0 Å². The average Bonchev–Trinajstić information content (AvgIpc) is 2.23. The van der Waals surface area contributed by atoms with E-state index in [9.17, 15) is 0 Å². The van der Waals surface area contributed by atoms with Crippen LogP contribution in [-0.2, 0) is 4.74 Å². The molecule has 0 aliphatic rings. The molecule has 2 atom stereocenters. The van der Waals surface area contributed by atoms with E-state index in [2.05, 4.69) is 19.2 Å². The van der Waals surface area contributed by atoms with Crippen molar-refractivity contribution in [2.75, 3.05) is 26.9 Å². The van der Waals surface area contributed by atoms with Gasteiger partial charge in [-0.15, -0.1) is 0 Å². The van der Waals surface area contributed by atoms with Gasteiger partial charge in [0, 0.05) is 26.4 Å². The van der Waals surface area contributed by atoms with Crippen LogP contribution in [0.5, 0.6) is 0 Å². The molecule has 0 aliphatic carbocycles. The molecule has 2 unspecified atom stereocenters. The summed E-state index contributed by atoms with van der Waals surface area (Å²) in [5.74, 6) is 0.616. The van der Waals surface area contributed by atoms with Crippen LogP contribution in [0.25, 0.3) is 0 Å². The highest BCUT2D eigenvalue weighted by atomic mass is 16.5. The highest BCUT2D eigenvalue weighted by Crippen LogP contribution is 2.09. The number of hydrogen-bond donors (Lipinski definition) is 2. The molecule has 0 aromatic carbocycles. The monoisotopic (exact) mass is 217 g/mol. The molecule has 0 saturated heterocycles. The normalized spacial score (nSPS) is 15.2. The predicted octanol–water partition coefficient (Wildman–Crippen LogP) is 1.80. The van der Waals surface area contributed by atoms with E-state index in [0.29, 0.717) is 18.6 Å². The largest absolute Gasteiger partial charge is 0.396 e. The zero-order chi connectivity index (χ0) is 11.5. The fourth-order valence-electron chi connectivity index (χ4n) is 1.70. The molecule has 0 radical (unpaired) electrons. The second-order valence-corrected chi connectivity index (χ2v) is 4.26. The Bertz CT molecular complexity index is 125. The van der Waals surface area contributed by atoms with Crippen LogP contribution >= 0.6 is 0 Å². The van der Waals surface area contributed by atoms with Crippen LogP contribution in [0.1, 0.15) is 39.5 Å². The molecule has 0 aliphatic heterocycles. The first-order chi connectivity index (χ1) is 7.24. The predicted molar refractivity (Wildman–Crippen MR) is 64.1 cm³/mol. The lowest BCUT2D eigenvalue weighted by molar-refractivity contribution is 0.182. The number of aliphatic hydroxyl groups excluding tert-OH is 1. The summed E-state index contributed by atoms with van der Waals surface area (Å²) in [6, 6.07) is 0.503. The van der Waals surface area contributed by atoms with Gasteiger partial charge in [0.2, 0.25) is 0 Å². The molecule has 15 heavy (non-hydrogen) atoms. The van der Waals surface area contributed by atoms with Crippen molar-refractivity contribution < 1.29 is 9.84 Å². The minimum absolute atomic E-state index is 0.304. The molecule has 0 saturated carbocycles. The second kappa shape index (κ2) is 10.4. The molecular formula is C12H27NO2. The van der Waals surface area contributed by atoms with Crippen molar-refractivity contribution in [3.63, 3.8) is 0 Å². The Labute approximate surface area is 94.2 Å². The number of methoxy groups -OCH3 is 1. The van der Waals surface area contributed by atoms with Crippen LogP contribution in [0.15, 0.2) is 0 Å². The van der Waals surface area contributed by atoms with Crippen molar-refractivity contribution in [3.8, 4) is 0 Å². The number of hydrogen-bond acceptors (Lipinski definition) is 3. The summed E-state index contributed by atoms with van der Waals surface area (Å²) >= 11 is 0. The summed E-state index contributed by atoms with van der Waals surface area (Å²) < 4.78 is 5.03. The summed E-state index contributed by atoms with van der Waals surface area (Å²) in [4.78, 5) is 0. The third-order valence-corrected chi connectivity index (χ3v) is 2.74. The van der Waals surface area contributed by atoms with E-state index in [4.69, 9.17) is 9.84 Å². The van der Waals surface area contributed by atoms with Crippen LogP contribution in [0.4, 0.5) is 0 Å². The summed E-state index contributed by atoms with van der Waals surface area (Å²) in [6.45, 7) is 6.50. The van der Waals surface area contributed by atoms with Gasteiger partial charge in [0.25, 0.3) is 0 Å². The number of rotatable bonds is 10. The van der Waals surface area contributed by atoms with Crippen LogP contribution < -0.4 is 5.32 Å². The van der Waals surface area contributed by atoms with Gasteiger partial charge in [-0.2, -0.15) is 0 Å². The highest BCUT2D eigenvalue weighted by molar-refractivity contribution is 4.66. The summed E-state index contributed by atoms with van der Waals surface area (Å²) in [6.07, 6.45) is 4.36. The molecule has 0 heterocycles. The number of aliphatic hydroxyl groups is 1. The Morgan fingerprint density at radius 2 is 2.00 bits per heavy atom. The lowest BCUT2D eigenvalue weighted by Gasteiger charge is -2.19. The third kappa shape index (κ3) is 8.85. The van der Waals surface area contributed by atoms with Crippen molar-refractivity contribution in [1.29, 1.82) is 0 Å². The van der Waals surface area contributed by atoms with Crippen molar-refractivity contribution in [2.45, 2.75) is 45.6 Å². The van der Waals surface area contributed by atoms with Crippen LogP contribution in [0, 0.1) is 5.92 Å². The smallest absolute Gasteiger partial charge is 0.0476 e. The number of nitrogens with one attached hydrogen (secondary N) is 1. The standard InChI is InChI=1S/C12H27NO2/c1-4-5-12(6-8-14)10-13-11(2)7-9-15-3/h11-14H,4-10H2,1-3H3. The molecular weight excluding hydrogens is 190 g/mol. The van der Waals surface area contributed by atoms with Crippen LogP contribution in [0.3, 0.4) is 0 Å². The Morgan fingerprint density at radius 3 is 2.53 bits per heavy atom. The summed E-state index contributed by atoms with van der Waals surface area (Å²) in [5.41, 5.74) is 0. The van der Waals surface area contributed by atoms with Crippen molar-refractivity contribution in [2.24, 2.45) is 5.92 Å². The van der Waals surface area contributed by atoms with Gasteiger partial charge in [-0.3, -0.25) is 0 Å². The van der Waals surface area contributed by atoms with Gasteiger partial charge in [-0.05, 0) is 38.6 Å². The van der Waals surface area contributed by atoms with Crippen molar-refractivity contribution in [1.82, 2.24) is 5.32 Å². The quantitative estimate of drug-likeness (QED) is 0.586. The van der Waals surface area contributed by atoms with Gasteiger partial charge in [0.1, 0.15) is 0 Å². The SMILES string of the molecule is CCCC(CCO)CNC(C)CCOC. The zero-order valence-electron chi connectivity index (χ0n) is 10.5. The topological polar surface area (TPSA) is 41.5 Å². The maximum Gasteiger partial charge on any atom is 0.0476 e. The molecule has 0 rings (SSSR count). The van der Waals surface area contributed by atoms with Gasteiger partial charge in [-0.25, -0.2) is 0 Å². The molecule has 0 spiro atoms. The van der Waals surface area contributed by atoms with E-state index in [1.807, 2.05) is 0 Å². The lowest BCUT2D eigenvalue weighted by atomic mass is 10.00. The molecule has 92 valence electrons.